The van der Waals surface area contributed by atoms with E-state index in [1.54, 1.807) is 12.1 Å². The molecule has 2 aromatic carbocycles. The number of amides is 1. The molecule has 1 atom stereocenters. The fraction of sp³-hybridized carbons (Fsp3) is 0.250. The standard InChI is InChI=1S/C16H18N2O5S/c1-11(16(17)20)23-15(19)8-9-18-24(21,22)14-7-6-12-4-2-3-5-13(12)10-14/h2-7,10-11,18H,8-9H2,1H3,(H2,17,20)/t11-/m0/s1. The minimum atomic E-state index is -3.74. The van der Waals surface area contributed by atoms with Gasteiger partial charge in [0.2, 0.25) is 10.0 Å². The molecule has 0 unspecified atom stereocenters. The van der Waals surface area contributed by atoms with Crippen LogP contribution in [0.3, 0.4) is 0 Å². The summed E-state index contributed by atoms with van der Waals surface area (Å²) in [5, 5.41) is 1.73. The first-order chi connectivity index (χ1) is 11.3. The molecule has 0 spiro atoms. The van der Waals surface area contributed by atoms with E-state index in [0.717, 1.165) is 10.8 Å². The smallest absolute Gasteiger partial charge is 0.307 e. The van der Waals surface area contributed by atoms with Gasteiger partial charge in [0.05, 0.1) is 11.3 Å². The number of sulfonamides is 1. The fourth-order valence-electron chi connectivity index (χ4n) is 2.02. The highest BCUT2D eigenvalue weighted by atomic mass is 32.2. The summed E-state index contributed by atoms with van der Waals surface area (Å²) in [6.07, 6.45) is -1.25. The highest BCUT2D eigenvalue weighted by molar-refractivity contribution is 7.89. The van der Waals surface area contributed by atoms with Gasteiger partial charge in [-0.3, -0.25) is 9.59 Å². The van der Waals surface area contributed by atoms with Crippen molar-refractivity contribution in [2.24, 2.45) is 5.73 Å². The minimum Gasteiger partial charge on any atom is -0.453 e. The summed E-state index contributed by atoms with van der Waals surface area (Å²) in [4.78, 5) is 22.4. The van der Waals surface area contributed by atoms with Crippen LogP contribution in [-0.2, 0) is 24.3 Å². The third kappa shape index (κ3) is 4.53. The maximum Gasteiger partial charge on any atom is 0.307 e. The second kappa shape index (κ2) is 7.41. The Kier molecular flexibility index (Phi) is 5.53. The Morgan fingerprint density at radius 2 is 1.83 bits per heavy atom. The number of hydrogen-bond donors (Lipinski definition) is 2. The lowest BCUT2D eigenvalue weighted by Crippen LogP contribution is -2.32. The predicted molar refractivity (Wildman–Crippen MR) is 88.5 cm³/mol. The Hall–Kier alpha value is -2.45. The van der Waals surface area contributed by atoms with E-state index in [9.17, 15) is 18.0 Å². The van der Waals surface area contributed by atoms with E-state index in [1.807, 2.05) is 24.3 Å². The first-order valence-corrected chi connectivity index (χ1v) is 8.75. The number of carbonyl (C=O) groups is 2. The Labute approximate surface area is 139 Å². The molecule has 0 aromatic heterocycles. The topological polar surface area (TPSA) is 116 Å². The second-order valence-electron chi connectivity index (χ2n) is 5.19. The Morgan fingerprint density at radius 3 is 2.50 bits per heavy atom. The molecule has 2 aromatic rings. The van der Waals surface area contributed by atoms with Crippen LogP contribution in [0.15, 0.2) is 47.4 Å². The summed E-state index contributed by atoms with van der Waals surface area (Å²) in [7, 11) is -3.74. The summed E-state index contributed by atoms with van der Waals surface area (Å²) in [5.41, 5.74) is 4.98. The molecule has 0 heterocycles. The Bertz CT molecular complexity index is 864. The number of ether oxygens (including phenoxy) is 1. The van der Waals surface area contributed by atoms with Crippen molar-refractivity contribution in [2.45, 2.75) is 24.3 Å². The Morgan fingerprint density at radius 1 is 1.17 bits per heavy atom. The third-order valence-corrected chi connectivity index (χ3v) is 4.82. The van der Waals surface area contributed by atoms with Gasteiger partial charge >= 0.3 is 5.97 Å². The molecule has 1 amide bonds. The molecule has 0 aliphatic heterocycles. The maximum atomic E-state index is 12.3. The molecule has 0 aliphatic rings. The minimum absolute atomic E-state index is 0.111. The summed E-state index contributed by atoms with van der Waals surface area (Å²) in [6.45, 7) is 1.21. The SMILES string of the molecule is C[C@H](OC(=O)CCNS(=O)(=O)c1ccc2ccccc2c1)C(N)=O. The maximum absolute atomic E-state index is 12.3. The van der Waals surface area contributed by atoms with E-state index < -0.39 is 28.0 Å². The van der Waals surface area contributed by atoms with E-state index in [4.69, 9.17) is 10.5 Å². The lowest BCUT2D eigenvalue weighted by Gasteiger charge is -2.10. The van der Waals surface area contributed by atoms with Gasteiger partial charge in [-0.25, -0.2) is 13.1 Å². The molecule has 8 heteroatoms. The van der Waals surface area contributed by atoms with Crippen molar-refractivity contribution >= 4 is 32.7 Å². The van der Waals surface area contributed by atoms with Crippen molar-refractivity contribution in [3.05, 3.63) is 42.5 Å². The molecule has 24 heavy (non-hydrogen) atoms. The van der Waals surface area contributed by atoms with Crippen molar-refractivity contribution in [1.82, 2.24) is 4.72 Å². The van der Waals surface area contributed by atoms with E-state index in [1.165, 1.54) is 13.0 Å². The largest absolute Gasteiger partial charge is 0.453 e. The van der Waals surface area contributed by atoms with Crippen molar-refractivity contribution in [3.63, 3.8) is 0 Å². The van der Waals surface area contributed by atoms with Gasteiger partial charge in [-0.15, -0.1) is 0 Å². The summed E-state index contributed by atoms with van der Waals surface area (Å²) in [5.74, 6) is -1.47. The number of nitrogens with two attached hydrogens (primary N) is 1. The monoisotopic (exact) mass is 350 g/mol. The zero-order chi connectivity index (χ0) is 17.7. The van der Waals surface area contributed by atoms with E-state index >= 15 is 0 Å². The fourth-order valence-corrected chi connectivity index (χ4v) is 3.09. The van der Waals surface area contributed by atoms with Crippen LogP contribution in [0, 0.1) is 0 Å². The van der Waals surface area contributed by atoms with Gasteiger partial charge in [0.25, 0.3) is 5.91 Å². The number of carbonyl (C=O) groups excluding carboxylic acids is 2. The zero-order valence-corrected chi connectivity index (χ0v) is 13.9. The first kappa shape index (κ1) is 17.9. The lowest BCUT2D eigenvalue weighted by molar-refractivity contribution is -0.153. The van der Waals surface area contributed by atoms with Gasteiger partial charge in [0.1, 0.15) is 0 Å². The van der Waals surface area contributed by atoms with Gasteiger partial charge in [-0.05, 0) is 29.8 Å². The highest BCUT2D eigenvalue weighted by Gasteiger charge is 2.17. The normalized spacial score (nSPS) is 12.7. The van der Waals surface area contributed by atoms with Crippen LogP contribution in [0.4, 0.5) is 0 Å². The predicted octanol–water partition coefficient (Wildman–Crippen LogP) is 0.925. The molecule has 0 saturated carbocycles. The number of fused-ring (bicyclic) bond motifs is 1. The number of rotatable bonds is 7. The summed E-state index contributed by atoms with van der Waals surface area (Å²) >= 11 is 0. The first-order valence-electron chi connectivity index (χ1n) is 7.27. The van der Waals surface area contributed by atoms with Gasteiger partial charge in [0, 0.05) is 6.54 Å². The number of benzene rings is 2. The van der Waals surface area contributed by atoms with Gasteiger partial charge < -0.3 is 10.5 Å². The quantitative estimate of drug-likeness (QED) is 0.721. The molecule has 0 saturated heterocycles. The summed E-state index contributed by atoms with van der Waals surface area (Å²) < 4.78 is 31.6. The van der Waals surface area contributed by atoms with Crippen LogP contribution < -0.4 is 10.5 Å². The average molecular weight is 350 g/mol. The van der Waals surface area contributed by atoms with Crippen molar-refractivity contribution < 1.29 is 22.7 Å². The van der Waals surface area contributed by atoms with E-state index in [-0.39, 0.29) is 17.9 Å². The molecule has 2 rings (SSSR count). The van der Waals surface area contributed by atoms with E-state index in [2.05, 4.69) is 4.72 Å². The Balaban J connectivity index is 1.97. The molecule has 7 nitrogen and oxygen atoms in total. The number of primary amides is 1. The molecule has 0 bridgehead atoms. The van der Waals surface area contributed by atoms with Crippen molar-refractivity contribution in [3.8, 4) is 0 Å². The number of esters is 1. The third-order valence-electron chi connectivity index (χ3n) is 3.36. The van der Waals surface area contributed by atoms with Gasteiger partial charge in [-0.1, -0.05) is 30.3 Å². The molecular weight excluding hydrogens is 332 g/mol. The molecule has 0 radical (unpaired) electrons. The van der Waals surface area contributed by atoms with Crippen LogP contribution in [0.25, 0.3) is 10.8 Å². The number of hydrogen-bond acceptors (Lipinski definition) is 5. The van der Waals surface area contributed by atoms with Crippen LogP contribution in [-0.4, -0.2) is 32.9 Å². The average Bonchev–Trinajstić information content (AvgIpc) is 2.54. The van der Waals surface area contributed by atoms with Crippen LogP contribution in [0.1, 0.15) is 13.3 Å². The molecular formula is C16H18N2O5S. The van der Waals surface area contributed by atoms with Crippen LogP contribution in [0.2, 0.25) is 0 Å². The van der Waals surface area contributed by atoms with Crippen LogP contribution >= 0.6 is 0 Å². The second-order valence-corrected chi connectivity index (χ2v) is 6.96. The van der Waals surface area contributed by atoms with Gasteiger partial charge in [-0.2, -0.15) is 0 Å². The number of nitrogens with one attached hydrogen (secondary N) is 1. The molecule has 0 aliphatic carbocycles. The highest BCUT2D eigenvalue weighted by Crippen LogP contribution is 2.18. The van der Waals surface area contributed by atoms with Crippen LogP contribution in [0.5, 0.6) is 0 Å². The lowest BCUT2D eigenvalue weighted by atomic mass is 10.1. The summed E-state index contributed by atoms with van der Waals surface area (Å²) in [6, 6.07) is 12.2. The van der Waals surface area contributed by atoms with Gasteiger partial charge in [0.15, 0.2) is 6.10 Å². The zero-order valence-electron chi connectivity index (χ0n) is 13.1. The molecule has 3 N–H and O–H groups in total. The molecule has 0 fully saturated rings. The van der Waals surface area contributed by atoms with Crippen molar-refractivity contribution in [2.75, 3.05) is 6.54 Å². The molecule has 128 valence electrons. The van der Waals surface area contributed by atoms with E-state index in [0.29, 0.717) is 0 Å². The van der Waals surface area contributed by atoms with Crippen molar-refractivity contribution in [1.29, 1.82) is 0 Å².